The standard InChI is InChI=1S/C18H23NO2/c20-15-4-2-13(3-5-15)18(21)19-17-6-1-11-7-12-9-14(8-11)16(17)10-12/h2-5,11-12,14,16-17,20H,1,6-10H2,(H,19,21). The third-order valence-electron chi connectivity index (χ3n) is 6.00. The van der Waals surface area contributed by atoms with Crippen LogP contribution in [0.2, 0.25) is 0 Å². The molecule has 0 saturated heterocycles. The molecule has 0 aliphatic heterocycles. The molecule has 0 heterocycles. The van der Waals surface area contributed by atoms with E-state index in [1.54, 1.807) is 24.3 Å². The lowest BCUT2D eigenvalue weighted by Gasteiger charge is -2.27. The Kier molecular flexibility index (Phi) is 3.16. The van der Waals surface area contributed by atoms with Gasteiger partial charge >= 0.3 is 0 Å². The Morgan fingerprint density at radius 1 is 1.00 bits per heavy atom. The molecule has 5 atom stereocenters. The van der Waals surface area contributed by atoms with Gasteiger partial charge in [-0.2, -0.15) is 0 Å². The van der Waals surface area contributed by atoms with Gasteiger partial charge in [-0.25, -0.2) is 0 Å². The van der Waals surface area contributed by atoms with Crippen LogP contribution in [0.4, 0.5) is 0 Å². The molecule has 5 unspecified atom stereocenters. The first-order valence-electron chi connectivity index (χ1n) is 8.29. The number of phenols is 1. The van der Waals surface area contributed by atoms with Crippen molar-refractivity contribution in [1.82, 2.24) is 5.32 Å². The van der Waals surface area contributed by atoms with E-state index in [4.69, 9.17) is 0 Å². The summed E-state index contributed by atoms with van der Waals surface area (Å²) in [5.74, 6) is 3.60. The number of carbonyl (C=O) groups excluding carboxylic acids is 1. The molecule has 2 N–H and O–H groups in total. The molecule has 0 aromatic heterocycles. The van der Waals surface area contributed by atoms with Crippen molar-refractivity contribution in [1.29, 1.82) is 0 Å². The summed E-state index contributed by atoms with van der Waals surface area (Å²) in [4.78, 5) is 12.4. The summed E-state index contributed by atoms with van der Waals surface area (Å²) in [7, 11) is 0. The Labute approximate surface area is 125 Å². The van der Waals surface area contributed by atoms with E-state index in [2.05, 4.69) is 5.32 Å². The number of amides is 1. The van der Waals surface area contributed by atoms with E-state index in [0.717, 1.165) is 24.2 Å². The van der Waals surface area contributed by atoms with Crippen molar-refractivity contribution in [3.8, 4) is 5.75 Å². The molecule has 1 aromatic carbocycles. The van der Waals surface area contributed by atoms with E-state index >= 15 is 0 Å². The second-order valence-corrected chi connectivity index (χ2v) is 7.30. The Morgan fingerprint density at radius 3 is 2.57 bits per heavy atom. The largest absolute Gasteiger partial charge is 0.508 e. The van der Waals surface area contributed by atoms with Gasteiger partial charge < -0.3 is 10.4 Å². The molecule has 3 saturated carbocycles. The zero-order chi connectivity index (χ0) is 14.4. The van der Waals surface area contributed by atoms with Crippen molar-refractivity contribution < 1.29 is 9.90 Å². The van der Waals surface area contributed by atoms with E-state index in [9.17, 15) is 9.90 Å². The molecule has 3 nitrogen and oxygen atoms in total. The van der Waals surface area contributed by atoms with Crippen molar-refractivity contribution in [2.45, 2.75) is 44.6 Å². The minimum absolute atomic E-state index is 0.0150. The average molecular weight is 285 g/mol. The number of benzene rings is 1. The first-order valence-corrected chi connectivity index (χ1v) is 8.29. The lowest BCUT2D eigenvalue weighted by atomic mass is 9.80. The van der Waals surface area contributed by atoms with Gasteiger partial charge in [0.15, 0.2) is 0 Å². The normalized spacial score (nSPS) is 37.2. The maximum atomic E-state index is 12.4. The van der Waals surface area contributed by atoms with Crippen molar-refractivity contribution in [2.24, 2.45) is 23.7 Å². The summed E-state index contributed by atoms with van der Waals surface area (Å²) in [6, 6.07) is 6.91. The van der Waals surface area contributed by atoms with E-state index in [0.29, 0.717) is 17.5 Å². The molecule has 3 aliphatic rings. The highest BCUT2D eigenvalue weighted by molar-refractivity contribution is 5.94. The van der Waals surface area contributed by atoms with Crippen LogP contribution in [0, 0.1) is 23.7 Å². The Balaban J connectivity index is 1.49. The minimum atomic E-state index is 0.0150. The van der Waals surface area contributed by atoms with Gasteiger partial charge in [0.05, 0.1) is 0 Å². The van der Waals surface area contributed by atoms with Crippen LogP contribution in [0.1, 0.15) is 48.9 Å². The third-order valence-corrected chi connectivity index (χ3v) is 6.00. The van der Waals surface area contributed by atoms with Gasteiger partial charge in [-0.3, -0.25) is 4.79 Å². The van der Waals surface area contributed by atoms with Crippen LogP contribution in [0.25, 0.3) is 0 Å². The topological polar surface area (TPSA) is 49.3 Å². The van der Waals surface area contributed by atoms with Crippen LogP contribution in [0.3, 0.4) is 0 Å². The molecule has 4 rings (SSSR count). The molecule has 21 heavy (non-hydrogen) atoms. The minimum Gasteiger partial charge on any atom is -0.508 e. The zero-order valence-corrected chi connectivity index (χ0v) is 12.3. The lowest BCUT2D eigenvalue weighted by Crippen LogP contribution is -2.41. The van der Waals surface area contributed by atoms with Gasteiger partial charge in [0.25, 0.3) is 5.91 Å². The summed E-state index contributed by atoms with van der Waals surface area (Å²) < 4.78 is 0. The summed E-state index contributed by atoms with van der Waals surface area (Å²) in [5.41, 5.74) is 0.650. The highest BCUT2D eigenvalue weighted by Crippen LogP contribution is 2.53. The first-order chi connectivity index (χ1) is 10.2. The van der Waals surface area contributed by atoms with E-state index in [1.807, 2.05) is 0 Å². The highest BCUT2D eigenvalue weighted by Gasteiger charge is 2.46. The second kappa shape index (κ2) is 5.04. The maximum Gasteiger partial charge on any atom is 0.251 e. The molecule has 3 bridgehead atoms. The number of carbonyl (C=O) groups is 1. The van der Waals surface area contributed by atoms with Gasteiger partial charge in [0.2, 0.25) is 0 Å². The third kappa shape index (κ3) is 2.43. The number of hydrogen-bond acceptors (Lipinski definition) is 2. The van der Waals surface area contributed by atoms with Crippen LogP contribution < -0.4 is 5.32 Å². The molecule has 1 amide bonds. The number of nitrogens with one attached hydrogen (secondary N) is 1. The van der Waals surface area contributed by atoms with Crippen LogP contribution in [0.5, 0.6) is 5.75 Å². The summed E-state index contributed by atoms with van der Waals surface area (Å²) >= 11 is 0. The molecule has 112 valence electrons. The summed E-state index contributed by atoms with van der Waals surface area (Å²) in [6.45, 7) is 0. The molecule has 3 fully saturated rings. The number of rotatable bonds is 2. The van der Waals surface area contributed by atoms with Crippen molar-refractivity contribution in [3.05, 3.63) is 29.8 Å². The number of aromatic hydroxyl groups is 1. The van der Waals surface area contributed by atoms with E-state index in [-0.39, 0.29) is 11.7 Å². The SMILES string of the molecule is O=C(NC1CCC2CC3CC(C2)C1C3)c1ccc(O)cc1. The van der Waals surface area contributed by atoms with Crippen molar-refractivity contribution >= 4 is 5.91 Å². The smallest absolute Gasteiger partial charge is 0.251 e. The monoisotopic (exact) mass is 285 g/mol. The molecule has 0 spiro atoms. The molecular formula is C18H23NO2. The highest BCUT2D eigenvalue weighted by atomic mass is 16.3. The van der Waals surface area contributed by atoms with E-state index in [1.165, 1.54) is 32.1 Å². The molecular weight excluding hydrogens is 262 g/mol. The Bertz CT molecular complexity index is 539. The maximum absolute atomic E-state index is 12.4. The van der Waals surface area contributed by atoms with E-state index < -0.39 is 0 Å². The summed E-state index contributed by atoms with van der Waals surface area (Å²) in [5, 5.41) is 12.6. The summed E-state index contributed by atoms with van der Waals surface area (Å²) in [6.07, 6.45) is 7.97. The number of fused-ring (bicyclic) bond motifs is 2. The Morgan fingerprint density at radius 2 is 1.76 bits per heavy atom. The fourth-order valence-electron chi connectivity index (χ4n) is 5.14. The zero-order valence-electron chi connectivity index (χ0n) is 12.3. The quantitative estimate of drug-likeness (QED) is 0.875. The number of hydrogen-bond donors (Lipinski definition) is 2. The van der Waals surface area contributed by atoms with Crippen LogP contribution in [-0.2, 0) is 0 Å². The fourth-order valence-corrected chi connectivity index (χ4v) is 5.14. The molecule has 1 aromatic rings. The first kappa shape index (κ1) is 13.2. The second-order valence-electron chi connectivity index (χ2n) is 7.30. The van der Waals surface area contributed by atoms with Gasteiger partial charge in [0.1, 0.15) is 5.75 Å². The van der Waals surface area contributed by atoms with Gasteiger partial charge in [0, 0.05) is 11.6 Å². The Hall–Kier alpha value is -1.51. The van der Waals surface area contributed by atoms with Crippen molar-refractivity contribution in [2.75, 3.05) is 0 Å². The lowest BCUT2D eigenvalue weighted by molar-refractivity contribution is 0.0912. The average Bonchev–Trinajstić information content (AvgIpc) is 2.72. The van der Waals surface area contributed by atoms with Crippen LogP contribution in [0.15, 0.2) is 24.3 Å². The van der Waals surface area contributed by atoms with Crippen molar-refractivity contribution in [3.63, 3.8) is 0 Å². The van der Waals surface area contributed by atoms with Gasteiger partial charge in [-0.1, -0.05) is 0 Å². The predicted molar refractivity (Wildman–Crippen MR) is 81.0 cm³/mol. The molecule has 0 radical (unpaired) electrons. The molecule has 3 heteroatoms. The predicted octanol–water partition coefficient (Wildman–Crippen LogP) is 3.34. The molecule has 3 aliphatic carbocycles. The number of phenolic OH excluding ortho intramolecular Hbond substituents is 1. The fraction of sp³-hybridized carbons (Fsp3) is 0.611. The van der Waals surface area contributed by atoms with Crippen LogP contribution >= 0.6 is 0 Å². The van der Waals surface area contributed by atoms with Gasteiger partial charge in [-0.05, 0) is 86.5 Å². The van der Waals surface area contributed by atoms with Crippen LogP contribution in [-0.4, -0.2) is 17.1 Å². The van der Waals surface area contributed by atoms with Gasteiger partial charge in [-0.15, -0.1) is 0 Å².